The Morgan fingerprint density at radius 2 is 1.27 bits per heavy atom. The van der Waals surface area contributed by atoms with Crippen LogP contribution in [0.5, 0.6) is 0 Å². The van der Waals surface area contributed by atoms with E-state index in [0.29, 0.717) is 52.8 Å². The Balaban J connectivity index is 2.84. The smallest absolute Gasteiger partial charge is 0.123 e. The second kappa shape index (κ2) is 13.2. The van der Waals surface area contributed by atoms with E-state index in [9.17, 15) is 0 Å². The lowest BCUT2D eigenvalue weighted by molar-refractivity contribution is 0.00883. The topological polar surface area (TPSA) is 62.9 Å². The number of nitrogens with two attached hydrogens (primary N) is 1. The summed E-state index contributed by atoms with van der Waals surface area (Å²) in [5, 5.41) is 0. The molecule has 0 saturated heterocycles. The third kappa shape index (κ3) is 13.2. The zero-order valence-corrected chi connectivity index (χ0v) is 8.94. The maximum absolute atomic E-state index is 5.24. The number of rotatable bonds is 11. The van der Waals surface area contributed by atoms with Gasteiger partial charge in [-0.25, -0.2) is 0 Å². The van der Waals surface area contributed by atoms with Crippen LogP contribution in [-0.4, -0.2) is 52.8 Å². The van der Waals surface area contributed by atoms with Crippen LogP contribution in [0.2, 0.25) is 0 Å². The van der Waals surface area contributed by atoms with Gasteiger partial charge < -0.3 is 24.7 Å². The first-order chi connectivity index (χ1) is 7.41. The van der Waals surface area contributed by atoms with E-state index in [1.54, 1.807) is 0 Å². The second-order valence-electron chi connectivity index (χ2n) is 2.59. The van der Waals surface area contributed by atoms with Crippen molar-refractivity contribution in [2.24, 2.45) is 5.73 Å². The Morgan fingerprint density at radius 3 is 1.73 bits per heavy atom. The van der Waals surface area contributed by atoms with Crippen molar-refractivity contribution in [3.05, 3.63) is 0 Å². The summed E-state index contributed by atoms with van der Waals surface area (Å²) in [5.41, 5.74) is 5.24. The van der Waals surface area contributed by atoms with Crippen LogP contribution in [-0.2, 0) is 18.9 Å². The summed E-state index contributed by atoms with van der Waals surface area (Å²) in [5.74, 6) is 0. The van der Waals surface area contributed by atoms with Crippen LogP contribution in [0.25, 0.3) is 0 Å². The Kier molecular flexibility index (Phi) is 12.5. The van der Waals surface area contributed by atoms with Gasteiger partial charge >= 0.3 is 0 Å². The van der Waals surface area contributed by atoms with Crippen molar-refractivity contribution < 1.29 is 18.9 Å². The first-order valence-corrected chi connectivity index (χ1v) is 4.92. The van der Waals surface area contributed by atoms with Crippen molar-refractivity contribution in [2.75, 3.05) is 52.8 Å². The van der Waals surface area contributed by atoms with Crippen LogP contribution in [0.15, 0.2) is 0 Å². The molecule has 0 saturated carbocycles. The molecular formula is C10H19NO4. The molecule has 0 fully saturated rings. The van der Waals surface area contributed by atoms with Gasteiger partial charge in [0.05, 0.1) is 39.6 Å². The molecule has 0 aromatic heterocycles. The number of hydrogen-bond acceptors (Lipinski definition) is 5. The lowest BCUT2D eigenvalue weighted by Gasteiger charge is -2.05. The fourth-order valence-electron chi connectivity index (χ4n) is 0.785. The molecule has 15 heavy (non-hydrogen) atoms. The molecule has 5 heteroatoms. The van der Waals surface area contributed by atoms with E-state index in [1.165, 1.54) is 0 Å². The maximum Gasteiger partial charge on any atom is 0.123 e. The molecule has 0 heterocycles. The molecule has 0 atom stereocenters. The van der Waals surface area contributed by atoms with E-state index in [1.807, 2.05) is 0 Å². The molecule has 0 aromatic carbocycles. The highest BCUT2D eigenvalue weighted by Crippen LogP contribution is 1.81. The third-order valence-corrected chi connectivity index (χ3v) is 1.42. The van der Waals surface area contributed by atoms with Gasteiger partial charge in [-0.1, -0.05) is 6.42 Å². The van der Waals surface area contributed by atoms with Crippen LogP contribution in [0, 0.1) is 12.5 Å². The fraction of sp³-hybridized carbons (Fsp3) is 0.800. The summed E-state index contributed by atoms with van der Waals surface area (Å²) >= 11 is 0. The quantitative estimate of drug-likeness (QED) is 0.377. The average Bonchev–Trinajstić information content (AvgIpc) is 2.26. The minimum Gasteiger partial charge on any atom is -0.444 e. The van der Waals surface area contributed by atoms with E-state index in [2.05, 4.69) is 10.8 Å². The Bertz CT molecular complexity index is 158. The minimum absolute atomic E-state index is 0.413. The van der Waals surface area contributed by atoms with E-state index in [4.69, 9.17) is 26.4 Å². The normalized spacial score (nSPS) is 9.87. The maximum atomic E-state index is 5.24. The van der Waals surface area contributed by atoms with E-state index in [-0.39, 0.29) is 0 Å². The van der Waals surface area contributed by atoms with E-state index >= 15 is 0 Å². The van der Waals surface area contributed by atoms with Gasteiger partial charge in [0.15, 0.2) is 0 Å². The SMILES string of the molecule is C#COCCOCCOCCOCCN. The minimum atomic E-state index is 0.413. The summed E-state index contributed by atoms with van der Waals surface area (Å²) in [6.07, 6.45) is 6.93. The lowest BCUT2D eigenvalue weighted by atomic mass is 10.7. The molecule has 0 aliphatic rings. The van der Waals surface area contributed by atoms with Gasteiger partial charge in [0.25, 0.3) is 0 Å². The molecule has 0 amide bonds. The molecule has 0 bridgehead atoms. The van der Waals surface area contributed by atoms with Crippen LogP contribution in [0.3, 0.4) is 0 Å². The zero-order valence-electron chi connectivity index (χ0n) is 8.94. The summed E-state index contributed by atoms with van der Waals surface area (Å²) in [6, 6.07) is 0. The van der Waals surface area contributed by atoms with Gasteiger partial charge in [0.2, 0.25) is 0 Å². The van der Waals surface area contributed by atoms with Crippen molar-refractivity contribution in [2.45, 2.75) is 0 Å². The molecule has 5 nitrogen and oxygen atoms in total. The molecule has 2 N–H and O–H groups in total. The highest BCUT2D eigenvalue weighted by atomic mass is 16.6. The van der Waals surface area contributed by atoms with Crippen molar-refractivity contribution in [1.29, 1.82) is 0 Å². The summed E-state index contributed by atoms with van der Waals surface area (Å²) in [4.78, 5) is 0. The first-order valence-electron chi connectivity index (χ1n) is 4.92. The van der Waals surface area contributed by atoms with Gasteiger partial charge in [-0.3, -0.25) is 0 Å². The highest BCUT2D eigenvalue weighted by Gasteiger charge is 1.90. The molecule has 0 aliphatic carbocycles. The monoisotopic (exact) mass is 217 g/mol. The molecule has 0 aromatic rings. The van der Waals surface area contributed by atoms with Gasteiger partial charge in [0.1, 0.15) is 12.7 Å². The predicted octanol–water partition coefficient (Wildman–Crippen LogP) is -0.398. The van der Waals surface area contributed by atoms with Crippen molar-refractivity contribution in [1.82, 2.24) is 0 Å². The van der Waals surface area contributed by atoms with Gasteiger partial charge in [-0.15, -0.1) is 0 Å². The highest BCUT2D eigenvalue weighted by molar-refractivity contribution is 4.67. The lowest BCUT2D eigenvalue weighted by Crippen LogP contribution is -2.14. The Morgan fingerprint density at radius 1 is 0.800 bits per heavy atom. The standard InChI is InChI=1S/C10H19NO4/c1-2-12-5-6-14-9-10-15-8-7-13-4-3-11/h1H,3-11H2. The molecule has 0 spiro atoms. The second-order valence-corrected chi connectivity index (χ2v) is 2.59. The Hall–Kier alpha value is -0.800. The third-order valence-electron chi connectivity index (χ3n) is 1.42. The Labute approximate surface area is 90.8 Å². The van der Waals surface area contributed by atoms with E-state index in [0.717, 1.165) is 0 Å². The van der Waals surface area contributed by atoms with Crippen LogP contribution in [0.4, 0.5) is 0 Å². The molecule has 0 aliphatic heterocycles. The average molecular weight is 217 g/mol. The summed E-state index contributed by atoms with van der Waals surface area (Å²) in [6.45, 7) is 4.21. The van der Waals surface area contributed by atoms with Gasteiger partial charge in [0, 0.05) is 6.54 Å². The van der Waals surface area contributed by atoms with E-state index < -0.39 is 0 Å². The largest absolute Gasteiger partial charge is 0.444 e. The van der Waals surface area contributed by atoms with Crippen LogP contribution < -0.4 is 5.73 Å². The van der Waals surface area contributed by atoms with Crippen molar-refractivity contribution >= 4 is 0 Å². The molecule has 88 valence electrons. The molecule has 0 radical (unpaired) electrons. The molecule has 0 unspecified atom stereocenters. The summed E-state index contributed by atoms with van der Waals surface area (Å²) < 4.78 is 20.1. The number of hydrogen-bond donors (Lipinski definition) is 1. The first kappa shape index (κ1) is 14.2. The summed E-state index contributed by atoms with van der Waals surface area (Å²) in [7, 11) is 0. The van der Waals surface area contributed by atoms with Gasteiger partial charge in [-0.2, -0.15) is 0 Å². The fourth-order valence-corrected chi connectivity index (χ4v) is 0.785. The van der Waals surface area contributed by atoms with Crippen LogP contribution >= 0.6 is 0 Å². The number of terminal acetylenes is 1. The van der Waals surface area contributed by atoms with Crippen molar-refractivity contribution in [3.8, 4) is 12.5 Å². The zero-order chi connectivity index (χ0) is 11.2. The molecular weight excluding hydrogens is 198 g/mol. The predicted molar refractivity (Wildman–Crippen MR) is 56.3 cm³/mol. The molecule has 0 rings (SSSR count). The van der Waals surface area contributed by atoms with Crippen molar-refractivity contribution in [3.63, 3.8) is 0 Å². The van der Waals surface area contributed by atoms with Crippen LogP contribution in [0.1, 0.15) is 0 Å². The van der Waals surface area contributed by atoms with Gasteiger partial charge in [-0.05, 0) is 0 Å². The number of ether oxygens (including phenoxy) is 4.